The number of rotatable bonds is 3. The molecule has 0 aliphatic carbocycles. The summed E-state index contributed by atoms with van der Waals surface area (Å²) in [5.74, 6) is -0.304. The van der Waals surface area contributed by atoms with Gasteiger partial charge >= 0.3 is 5.69 Å². The summed E-state index contributed by atoms with van der Waals surface area (Å²) < 4.78 is 2.13. The van der Waals surface area contributed by atoms with E-state index in [2.05, 4.69) is 37.5 Å². The number of amides is 2. The van der Waals surface area contributed by atoms with E-state index in [0.717, 1.165) is 39.8 Å². The van der Waals surface area contributed by atoms with E-state index in [9.17, 15) is 14.4 Å². The molecule has 0 bridgehead atoms. The molecular weight excluding hydrogens is 416 g/mol. The number of nitrogens with one attached hydrogen (secondary N) is 2. The lowest BCUT2D eigenvalue weighted by atomic mass is 10.00. The van der Waals surface area contributed by atoms with E-state index in [1.54, 1.807) is 6.07 Å². The van der Waals surface area contributed by atoms with Crippen LogP contribution in [0.4, 0.5) is 0 Å². The van der Waals surface area contributed by atoms with Gasteiger partial charge in [-0.15, -0.1) is 5.10 Å². The first-order chi connectivity index (χ1) is 15.2. The van der Waals surface area contributed by atoms with Crippen LogP contribution in [0.1, 0.15) is 46.4 Å². The summed E-state index contributed by atoms with van der Waals surface area (Å²) in [5, 5.41) is 10.6. The topological polar surface area (TPSA) is 192 Å². The van der Waals surface area contributed by atoms with Gasteiger partial charge in [-0.1, -0.05) is 11.3 Å². The zero-order valence-corrected chi connectivity index (χ0v) is 17.5. The highest BCUT2D eigenvalue weighted by Crippen LogP contribution is 2.30. The number of nitrogens with two attached hydrogens (primary N) is 2. The number of fused-ring (bicyclic) bond motifs is 2. The first kappa shape index (κ1) is 21.1. The van der Waals surface area contributed by atoms with Crippen LogP contribution in [0.15, 0.2) is 29.3 Å². The first-order valence-electron chi connectivity index (χ1n) is 9.82. The van der Waals surface area contributed by atoms with Gasteiger partial charge in [-0.3, -0.25) is 9.59 Å². The van der Waals surface area contributed by atoms with Crippen LogP contribution < -0.4 is 22.5 Å². The number of carbonyl (C=O) groups is 2. The second-order valence-corrected chi connectivity index (χ2v) is 7.66. The minimum Gasteiger partial charge on any atom is -0.366 e. The van der Waals surface area contributed by atoms with Crippen molar-refractivity contribution in [2.75, 3.05) is 6.54 Å². The molecular formula is C19H22N10O3. The molecule has 0 saturated carbocycles. The molecule has 5 rings (SSSR count). The van der Waals surface area contributed by atoms with Crippen molar-refractivity contribution in [3.63, 3.8) is 0 Å². The zero-order chi connectivity index (χ0) is 23.0. The van der Waals surface area contributed by atoms with Crippen molar-refractivity contribution in [2.24, 2.45) is 18.5 Å². The fraction of sp³-hybridized carbons (Fsp3) is 0.316. The molecule has 166 valence electrons. The molecule has 13 heteroatoms. The Morgan fingerprint density at radius 1 is 1.22 bits per heavy atom. The van der Waals surface area contributed by atoms with Crippen molar-refractivity contribution < 1.29 is 9.59 Å². The van der Waals surface area contributed by atoms with E-state index >= 15 is 0 Å². The molecule has 2 amide bonds. The van der Waals surface area contributed by atoms with Crippen LogP contribution in [0.2, 0.25) is 0 Å². The van der Waals surface area contributed by atoms with Gasteiger partial charge in [0.2, 0.25) is 0 Å². The van der Waals surface area contributed by atoms with Crippen molar-refractivity contribution in [1.29, 1.82) is 0 Å². The lowest BCUT2D eigenvalue weighted by Crippen LogP contribution is -2.34. The Hall–Kier alpha value is -4.13. The third kappa shape index (κ3) is 3.58. The number of H-pyrrole nitrogens is 1. The van der Waals surface area contributed by atoms with E-state index in [1.165, 1.54) is 13.4 Å². The molecule has 0 unspecified atom stereocenters. The zero-order valence-electron chi connectivity index (χ0n) is 17.5. The second kappa shape index (κ2) is 7.85. The molecule has 1 aromatic carbocycles. The third-order valence-corrected chi connectivity index (χ3v) is 5.40. The quantitative estimate of drug-likeness (QED) is 0.319. The normalized spacial score (nSPS) is 17.9. The van der Waals surface area contributed by atoms with Crippen LogP contribution in [-0.4, -0.2) is 52.7 Å². The van der Waals surface area contributed by atoms with Crippen molar-refractivity contribution >= 4 is 28.5 Å². The van der Waals surface area contributed by atoms with E-state index in [-0.39, 0.29) is 16.9 Å². The van der Waals surface area contributed by atoms with Gasteiger partial charge < -0.3 is 21.8 Å². The number of primary amides is 2. The fourth-order valence-corrected chi connectivity index (χ4v) is 3.64. The lowest BCUT2D eigenvalue weighted by Gasteiger charge is -2.21. The number of imidazole rings is 2. The predicted octanol–water partition coefficient (Wildman–Crippen LogP) is -0.818. The maximum atomic E-state index is 11.4. The summed E-state index contributed by atoms with van der Waals surface area (Å²) in [6.45, 7) is 3.12. The summed E-state index contributed by atoms with van der Waals surface area (Å²) in [4.78, 5) is 45.1. The van der Waals surface area contributed by atoms with Crippen LogP contribution in [-0.2, 0) is 12.6 Å². The molecule has 1 aliphatic rings. The number of hydrogen-bond acceptors (Lipinski definition) is 8. The van der Waals surface area contributed by atoms with Gasteiger partial charge in [-0.05, 0) is 38.4 Å². The molecule has 3 aromatic heterocycles. The Balaban J connectivity index is 0.000000158. The number of aromatic nitrogens is 7. The van der Waals surface area contributed by atoms with E-state index in [0.29, 0.717) is 11.1 Å². The molecule has 1 saturated heterocycles. The molecule has 32 heavy (non-hydrogen) atoms. The van der Waals surface area contributed by atoms with Gasteiger partial charge in [0.1, 0.15) is 17.7 Å². The number of nitrogens with zero attached hydrogens (tertiary/aromatic N) is 6. The summed E-state index contributed by atoms with van der Waals surface area (Å²) in [5.41, 5.74) is 11.8. The molecule has 4 aromatic rings. The van der Waals surface area contributed by atoms with Crippen LogP contribution >= 0.6 is 0 Å². The smallest absolute Gasteiger partial charge is 0.352 e. The lowest BCUT2D eigenvalue weighted by molar-refractivity contribution is 0.0990. The van der Waals surface area contributed by atoms with Crippen LogP contribution in [0.5, 0.6) is 0 Å². The average Bonchev–Trinajstić information content (AvgIpc) is 3.48. The monoisotopic (exact) mass is 438 g/mol. The van der Waals surface area contributed by atoms with Gasteiger partial charge in [0.05, 0.1) is 16.6 Å². The Kier molecular flexibility index (Phi) is 5.18. The largest absolute Gasteiger partial charge is 0.366 e. The highest BCUT2D eigenvalue weighted by Gasteiger charge is 2.33. The summed E-state index contributed by atoms with van der Waals surface area (Å²) in [6, 6.07) is 5.44. The third-order valence-electron chi connectivity index (χ3n) is 5.40. The standard InChI is InChI=1S/C13H16N4O.C6H6N6O2/c1-13(6-3-7-15-13)12-16-9-5-2-4-8(11(14)18)10(9)17-12;1-11-6(14)12-2-8-3(4(7)13)5(12)9-10-11/h2,4-5,15H,3,6-7H2,1H3,(H2,14,18)(H,16,17);2H,1H3,(H2,7,13)/t13-;/m1./s1. The van der Waals surface area contributed by atoms with E-state index < -0.39 is 17.5 Å². The molecule has 1 fully saturated rings. The minimum absolute atomic E-state index is 0.0600. The average molecular weight is 438 g/mol. The van der Waals surface area contributed by atoms with Gasteiger partial charge in [-0.2, -0.15) is 4.68 Å². The van der Waals surface area contributed by atoms with E-state index in [4.69, 9.17) is 11.5 Å². The number of benzene rings is 1. The molecule has 0 spiro atoms. The fourth-order valence-electron chi connectivity index (χ4n) is 3.64. The molecule has 0 radical (unpaired) electrons. The highest BCUT2D eigenvalue weighted by atomic mass is 16.2. The molecule has 1 aliphatic heterocycles. The second-order valence-electron chi connectivity index (χ2n) is 7.66. The number of aryl methyl sites for hydroxylation is 1. The van der Waals surface area contributed by atoms with Gasteiger partial charge in [0.25, 0.3) is 11.8 Å². The Bertz CT molecular complexity index is 1390. The Morgan fingerprint density at radius 3 is 2.66 bits per heavy atom. The van der Waals surface area contributed by atoms with E-state index in [1.807, 2.05) is 12.1 Å². The maximum Gasteiger partial charge on any atom is 0.352 e. The molecule has 4 heterocycles. The summed E-state index contributed by atoms with van der Waals surface area (Å²) in [6.07, 6.45) is 3.36. The van der Waals surface area contributed by atoms with Gasteiger partial charge in [0.15, 0.2) is 11.3 Å². The van der Waals surface area contributed by atoms with Gasteiger partial charge in [0, 0.05) is 7.05 Å². The van der Waals surface area contributed by atoms with Crippen molar-refractivity contribution in [3.8, 4) is 0 Å². The van der Waals surface area contributed by atoms with Crippen molar-refractivity contribution in [1.82, 2.24) is 39.7 Å². The number of carbonyl (C=O) groups excluding carboxylic acids is 2. The Labute approximate surface area is 180 Å². The van der Waals surface area contributed by atoms with Gasteiger partial charge in [-0.25, -0.2) is 19.2 Å². The van der Waals surface area contributed by atoms with Crippen LogP contribution in [0.3, 0.4) is 0 Å². The van der Waals surface area contributed by atoms with Crippen LogP contribution in [0, 0.1) is 0 Å². The highest BCUT2D eigenvalue weighted by molar-refractivity contribution is 6.04. The summed E-state index contributed by atoms with van der Waals surface area (Å²) in [7, 11) is 1.44. The predicted molar refractivity (Wildman–Crippen MR) is 114 cm³/mol. The molecule has 6 N–H and O–H groups in total. The molecule has 1 atom stereocenters. The molecule has 13 nitrogen and oxygen atoms in total. The number of aromatic amines is 1. The van der Waals surface area contributed by atoms with Crippen molar-refractivity contribution in [3.05, 3.63) is 52.1 Å². The summed E-state index contributed by atoms with van der Waals surface area (Å²) >= 11 is 0. The van der Waals surface area contributed by atoms with Crippen LogP contribution in [0.25, 0.3) is 16.7 Å². The minimum atomic E-state index is -0.741. The number of para-hydroxylation sites is 1. The SMILES string of the molecule is C[C@]1(c2nc3c(C(N)=O)cccc3[nH]2)CCCN1.Cn1nnc2c(C(N)=O)ncn2c1=O. The maximum absolute atomic E-state index is 11.4. The Morgan fingerprint density at radius 2 is 2.00 bits per heavy atom. The number of hydrogen-bond donors (Lipinski definition) is 4. The van der Waals surface area contributed by atoms with Crippen molar-refractivity contribution in [2.45, 2.75) is 25.3 Å². The first-order valence-corrected chi connectivity index (χ1v) is 9.82.